The van der Waals surface area contributed by atoms with Crippen LogP contribution in [0.1, 0.15) is 24.8 Å². The van der Waals surface area contributed by atoms with Gasteiger partial charge in [-0.15, -0.1) is 0 Å². The van der Waals surface area contributed by atoms with Crippen LogP contribution in [0.4, 0.5) is 8.78 Å². The summed E-state index contributed by atoms with van der Waals surface area (Å²) in [6.07, 6.45) is 3.73. The van der Waals surface area contributed by atoms with Crippen molar-refractivity contribution in [2.24, 2.45) is 10.9 Å². The maximum atomic E-state index is 12.6. The van der Waals surface area contributed by atoms with E-state index in [4.69, 9.17) is 9.47 Å². The lowest BCUT2D eigenvalue weighted by molar-refractivity contribution is -0.0505. The summed E-state index contributed by atoms with van der Waals surface area (Å²) in [4.78, 5) is 4.13. The monoisotopic (exact) mass is 341 g/mol. The standard InChI is InChI=1S/C16H21F2N3O3/c1-19-16(20-5-4-10-2-3-10)21-8-11-6-13-14(23-9-22-13)7-12(11)24-15(17)18/h6-7,10,15H,2-5,8-9H2,1H3,(H2,19,20,21). The maximum Gasteiger partial charge on any atom is 0.387 e. The number of fused-ring (bicyclic) bond motifs is 1. The van der Waals surface area contributed by atoms with Crippen LogP contribution in [-0.2, 0) is 6.54 Å². The Kier molecular flexibility index (Phi) is 5.22. The number of ether oxygens (including phenoxy) is 3. The molecule has 0 unspecified atom stereocenters. The summed E-state index contributed by atoms with van der Waals surface area (Å²) in [5.41, 5.74) is 0.546. The number of alkyl halides is 2. The lowest BCUT2D eigenvalue weighted by atomic mass is 10.1. The number of nitrogens with zero attached hydrogens (tertiary/aromatic N) is 1. The molecule has 0 bridgehead atoms. The van der Waals surface area contributed by atoms with Crippen LogP contribution in [0.25, 0.3) is 0 Å². The molecule has 1 heterocycles. The SMILES string of the molecule is CN=C(NCCC1CC1)NCc1cc2c(cc1OC(F)F)OCO2. The number of hydrogen-bond acceptors (Lipinski definition) is 4. The van der Waals surface area contributed by atoms with Gasteiger partial charge in [0.25, 0.3) is 0 Å². The van der Waals surface area contributed by atoms with Crippen molar-refractivity contribution >= 4 is 5.96 Å². The van der Waals surface area contributed by atoms with E-state index >= 15 is 0 Å². The first-order chi connectivity index (χ1) is 11.7. The van der Waals surface area contributed by atoms with Crippen molar-refractivity contribution in [1.29, 1.82) is 0 Å². The first-order valence-electron chi connectivity index (χ1n) is 7.97. The second-order valence-corrected chi connectivity index (χ2v) is 5.78. The van der Waals surface area contributed by atoms with Crippen molar-refractivity contribution in [1.82, 2.24) is 10.6 Å². The van der Waals surface area contributed by atoms with Gasteiger partial charge in [-0.05, 0) is 18.4 Å². The molecular weight excluding hydrogens is 320 g/mol. The molecule has 1 aliphatic carbocycles. The van der Waals surface area contributed by atoms with Crippen LogP contribution in [-0.4, -0.2) is 33.0 Å². The van der Waals surface area contributed by atoms with Gasteiger partial charge in [-0.1, -0.05) is 12.8 Å². The van der Waals surface area contributed by atoms with Gasteiger partial charge in [0.1, 0.15) is 5.75 Å². The van der Waals surface area contributed by atoms with Crippen molar-refractivity contribution in [3.63, 3.8) is 0 Å². The molecule has 0 spiro atoms. The Hall–Kier alpha value is -2.25. The molecule has 1 aromatic rings. The zero-order valence-electron chi connectivity index (χ0n) is 13.5. The van der Waals surface area contributed by atoms with Crippen molar-refractivity contribution in [3.8, 4) is 17.2 Å². The fourth-order valence-corrected chi connectivity index (χ4v) is 2.51. The first-order valence-corrected chi connectivity index (χ1v) is 7.97. The fraction of sp³-hybridized carbons (Fsp3) is 0.562. The normalized spacial score (nSPS) is 16.4. The van der Waals surface area contributed by atoms with Gasteiger partial charge in [0, 0.05) is 31.8 Å². The number of aliphatic imine (C=N–C) groups is 1. The van der Waals surface area contributed by atoms with E-state index in [0.29, 0.717) is 23.0 Å². The fourth-order valence-electron chi connectivity index (χ4n) is 2.51. The van der Waals surface area contributed by atoms with E-state index in [0.717, 1.165) is 18.9 Å². The third-order valence-electron chi connectivity index (χ3n) is 3.98. The van der Waals surface area contributed by atoms with Gasteiger partial charge in [-0.2, -0.15) is 8.78 Å². The van der Waals surface area contributed by atoms with Crippen molar-refractivity contribution in [3.05, 3.63) is 17.7 Å². The minimum atomic E-state index is -2.90. The quantitative estimate of drug-likeness (QED) is 0.589. The molecule has 0 saturated heterocycles. The molecule has 0 amide bonds. The zero-order chi connectivity index (χ0) is 16.9. The second kappa shape index (κ2) is 7.55. The van der Waals surface area contributed by atoms with Crippen LogP contribution in [0.15, 0.2) is 17.1 Å². The lowest BCUT2D eigenvalue weighted by Crippen LogP contribution is -2.37. The van der Waals surface area contributed by atoms with Crippen molar-refractivity contribution < 1.29 is 23.0 Å². The molecule has 1 aromatic carbocycles. The van der Waals surface area contributed by atoms with E-state index in [1.54, 1.807) is 13.1 Å². The molecule has 3 rings (SSSR count). The summed E-state index contributed by atoms with van der Waals surface area (Å²) < 4.78 is 40.3. The molecule has 0 radical (unpaired) electrons. The number of guanidine groups is 1. The summed E-state index contributed by atoms with van der Waals surface area (Å²) in [6, 6.07) is 3.07. The number of halogens is 2. The van der Waals surface area contributed by atoms with E-state index < -0.39 is 6.61 Å². The second-order valence-electron chi connectivity index (χ2n) is 5.78. The molecule has 24 heavy (non-hydrogen) atoms. The minimum Gasteiger partial charge on any atom is -0.454 e. The number of hydrogen-bond donors (Lipinski definition) is 2. The van der Waals surface area contributed by atoms with Gasteiger partial charge in [-0.25, -0.2) is 0 Å². The van der Waals surface area contributed by atoms with Crippen LogP contribution in [0.2, 0.25) is 0 Å². The van der Waals surface area contributed by atoms with Crippen molar-refractivity contribution in [2.45, 2.75) is 32.4 Å². The highest BCUT2D eigenvalue weighted by molar-refractivity contribution is 5.79. The molecule has 2 N–H and O–H groups in total. The van der Waals surface area contributed by atoms with Gasteiger partial charge in [-0.3, -0.25) is 4.99 Å². The predicted octanol–water partition coefficient (Wildman–Crippen LogP) is 2.48. The van der Waals surface area contributed by atoms with Crippen LogP contribution < -0.4 is 24.8 Å². The number of rotatable bonds is 7. The zero-order valence-corrected chi connectivity index (χ0v) is 13.5. The number of nitrogens with one attached hydrogen (secondary N) is 2. The highest BCUT2D eigenvalue weighted by Crippen LogP contribution is 2.38. The largest absolute Gasteiger partial charge is 0.454 e. The van der Waals surface area contributed by atoms with Crippen molar-refractivity contribution in [2.75, 3.05) is 20.4 Å². The van der Waals surface area contributed by atoms with Crippen LogP contribution in [0, 0.1) is 5.92 Å². The minimum absolute atomic E-state index is 0.0650. The average molecular weight is 341 g/mol. The van der Waals surface area contributed by atoms with Gasteiger partial charge < -0.3 is 24.8 Å². The number of benzene rings is 1. The Balaban J connectivity index is 1.61. The van der Waals surface area contributed by atoms with Crippen LogP contribution >= 0.6 is 0 Å². The molecule has 1 aliphatic heterocycles. The maximum absolute atomic E-state index is 12.6. The van der Waals surface area contributed by atoms with E-state index in [-0.39, 0.29) is 19.1 Å². The lowest BCUT2D eigenvalue weighted by Gasteiger charge is -2.15. The third kappa shape index (κ3) is 4.39. The average Bonchev–Trinajstić information content (AvgIpc) is 3.26. The van der Waals surface area contributed by atoms with Crippen LogP contribution in [0.5, 0.6) is 17.2 Å². The Bertz CT molecular complexity index is 606. The molecule has 2 aliphatic rings. The molecule has 0 atom stereocenters. The molecule has 0 aromatic heterocycles. The van der Waals surface area contributed by atoms with E-state index in [9.17, 15) is 8.78 Å². The third-order valence-corrected chi connectivity index (χ3v) is 3.98. The Labute approximate surface area is 139 Å². The van der Waals surface area contributed by atoms with Gasteiger partial charge in [0.05, 0.1) is 0 Å². The Morgan fingerprint density at radius 1 is 1.29 bits per heavy atom. The van der Waals surface area contributed by atoms with Gasteiger partial charge in [0.2, 0.25) is 6.79 Å². The smallest absolute Gasteiger partial charge is 0.387 e. The summed E-state index contributed by atoms with van der Waals surface area (Å²) in [5, 5.41) is 6.32. The molecule has 8 heteroatoms. The highest BCUT2D eigenvalue weighted by Gasteiger charge is 2.21. The molecule has 6 nitrogen and oxygen atoms in total. The topological polar surface area (TPSA) is 64.1 Å². The summed E-state index contributed by atoms with van der Waals surface area (Å²) in [7, 11) is 1.67. The summed E-state index contributed by atoms with van der Waals surface area (Å²) in [6.45, 7) is -1.71. The Morgan fingerprint density at radius 3 is 2.71 bits per heavy atom. The first kappa shape index (κ1) is 16.6. The molecular formula is C16H21F2N3O3. The predicted molar refractivity (Wildman–Crippen MR) is 84.7 cm³/mol. The molecule has 1 saturated carbocycles. The van der Waals surface area contributed by atoms with E-state index in [1.807, 2.05) is 0 Å². The molecule has 1 fully saturated rings. The van der Waals surface area contributed by atoms with Crippen LogP contribution in [0.3, 0.4) is 0 Å². The summed E-state index contributed by atoms with van der Waals surface area (Å²) >= 11 is 0. The summed E-state index contributed by atoms with van der Waals surface area (Å²) in [5.74, 6) is 2.44. The Morgan fingerprint density at radius 2 is 2.04 bits per heavy atom. The van der Waals surface area contributed by atoms with Gasteiger partial charge >= 0.3 is 6.61 Å². The van der Waals surface area contributed by atoms with E-state index in [1.165, 1.54) is 18.9 Å². The molecule has 132 valence electrons. The van der Waals surface area contributed by atoms with E-state index in [2.05, 4.69) is 20.4 Å². The highest BCUT2D eigenvalue weighted by atomic mass is 19.3. The van der Waals surface area contributed by atoms with Gasteiger partial charge in [0.15, 0.2) is 17.5 Å².